The van der Waals surface area contributed by atoms with Crippen LogP contribution in [0.25, 0.3) is 0 Å². The largest absolute Gasteiger partial charge is 0.489 e. The van der Waals surface area contributed by atoms with Crippen molar-refractivity contribution in [1.82, 2.24) is 0 Å². The van der Waals surface area contributed by atoms with Crippen molar-refractivity contribution < 1.29 is 23.5 Å². The summed E-state index contributed by atoms with van der Waals surface area (Å²) in [5, 5.41) is 2.91. The van der Waals surface area contributed by atoms with Gasteiger partial charge >= 0.3 is 5.97 Å². The molecular formula is C20H16ClNO5. The maximum atomic E-state index is 12.5. The minimum atomic E-state index is -0.592. The topological polar surface area (TPSA) is 77.8 Å². The second-order valence-corrected chi connectivity index (χ2v) is 5.92. The van der Waals surface area contributed by atoms with E-state index in [0.29, 0.717) is 17.0 Å². The Kier molecular flexibility index (Phi) is 5.78. The van der Waals surface area contributed by atoms with Gasteiger partial charge in [-0.25, -0.2) is 4.79 Å². The third kappa shape index (κ3) is 4.48. The SMILES string of the molecule is COC(=O)c1cc(NC(=O)c2occc2COc2ccccc2)ccc1Cl. The standard InChI is InChI=1S/C20H16ClNO5/c1-25-20(24)16-11-14(7-8-17(16)21)22-19(23)18-13(9-10-26-18)12-27-15-5-3-2-4-6-15/h2-11H,12H2,1H3,(H,22,23). The van der Waals surface area contributed by atoms with E-state index in [1.165, 1.54) is 25.5 Å². The summed E-state index contributed by atoms with van der Waals surface area (Å²) in [7, 11) is 1.26. The lowest BCUT2D eigenvalue weighted by Gasteiger charge is -2.09. The Morgan fingerprint density at radius 3 is 2.63 bits per heavy atom. The van der Waals surface area contributed by atoms with Crippen LogP contribution in [-0.4, -0.2) is 19.0 Å². The number of furan rings is 1. The number of nitrogens with one attached hydrogen (secondary N) is 1. The van der Waals surface area contributed by atoms with Gasteiger partial charge in [-0.1, -0.05) is 29.8 Å². The molecule has 0 fully saturated rings. The highest BCUT2D eigenvalue weighted by Gasteiger charge is 2.18. The molecule has 1 amide bonds. The van der Waals surface area contributed by atoms with Crippen molar-refractivity contribution in [2.75, 3.05) is 12.4 Å². The van der Waals surface area contributed by atoms with Gasteiger partial charge in [0.05, 0.1) is 24.0 Å². The van der Waals surface area contributed by atoms with Crippen molar-refractivity contribution in [3.05, 3.63) is 82.8 Å². The Morgan fingerprint density at radius 2 is 1.89 bits per heavy atom. The van der Waals surface area contributed by atoms with Crippen LogP contribution in [-0.2, 0) is 11.3 Å². The molecule has 0 saturated carbocycles. The number of hydrogen-bond donors (Lipinski definition) is 1. The van der Waals surface area contributed by atoms with Crippen molar-refractivity contribution in [3.8, 4) is 5.75 Å². The number of para-hydroxylation sites is 1. The second kappa shape index (κ2) is 8.42. The van der Waals surface area contributed by atoms with Gasteiger partial charge in [-0.05, 0) is 36.4 Å². The number of esters is 1. The van der Waals surface area contributed by atoms with Crippen LogP contribution in [0.15, 0.2) is 65.3 Å². The van der Waals surface area contributed by atoms with Gasteiger partial charge in [0, 0.05) is 11.3 Å². The number of halogens is 1. The molecule has 6 nitrogen and oxygen atoms in total. The summed E-state index contributed by atoms with van der Waals surface area (Å²) < 4.78 is 15.6. The molecule has 2 aromatic carbocycles. The van der Waals surface area contributed by atoms with E-state index in [0.717, 1.165) is 0 Å². The van der Waals surface area contributed by atoms with Crippen molar-refractivity contribution in [2.24, 2.45) is 0 Å². The van der Waals surface area contributed by atoms with Gasteiger partial charge in [-0.15, -0.1) is 0 Å². The summed E-state index contributed by atoms with van der Waals surface area (Å²) in [5.41, 5.74) is 1.14. The Hall–Kier alpha value is -3.25. The Morgan fingerprint density at radius 1 is 1.11 bits per heavy atom. The van der Waals surface area contributed by atoms with E-state index in [9.17, 15) is 9.59 Å². The van der Waals surface area contributed by atoms with Crippen LogP contribution in [0.1, 0.15) is 26.5 Å². The zero-order valence-electron chi connectivity index (χ0n) is 14.4. The molecule has 0 radical (unpaired) electrons. The fourth-order valence-electron chi connectivity index (χ4n) is 2.38. The summed E-state index contributed by atoms with van der Waals surface area (Å²) in [6, 6.07) is 15.4. The Balaban J connectivity index is 1.72. The number of benzene rings is 2. The first-order valence-electron chi connectivity index (χ1n) is 8.02. The molecule has 1 aromatic heterocycles. The Labute approximate surface area is 160 Å². The van der Waals surface area contributed by atoms with Crippen LogP contribution < -0.4 is 10.1 Å². The minimum Gasteiger partial charge on any atom is -0.489 e. The minimum absolute atomic E-state index is 0.125. The number of carbonyl (C=O) groups is 2. The molecule has 1 heterocycles. The van der Waals surface area contributed by atoms with Gasteiger partial charge in [0.25, 0.3) is 5.91 Å². The predicted octanol–water partition coefficient (Wildman–Crippen LogP) is 4.55. The molecule has 0 aliphatic heterocycles. The first-order valence-corrected chi connectivity index (χ1v) is 8.39. The van der Waals surface area contributed by atoms with Crippen LogP contribution in [0.2, 0.25) is 5.02 Å². The van der Waals surface area contributed by atoms with E-state index in [2.05, 4.69) is 10.1 Å². The smallest absolute Gasteiger partial charge is 0.339 e. The molecule has 3 rings (SSSR count). The summed E-state index contributed by atoms with van der Waals surface area (Å²) in [5.74, 6) is -0.248. The van der Waals surface area contributed by atoms with Crippen molar-refractivity contribution in [3.63, 3.8) is 0 Å². The number of amides is 1. The van der Waals surface area contributed by atoms with E-state index in [1.54, 1.807) is 12.1 Å². The van der Waals surface area contributed by atoms with Crippen LogP contribution in [0.5, 0.6) is 5.75 Å². The summed E-state index contributed by atoms with van der Waals surface area (Å²) in [6.07, 6.45) is 1.42. The molecule has 0 aliphatic carbocycles. The van der Waals surface area contributed by atoms with Gasteiger partial charge < -0.3 is 19.2 Å². The van der Waals surface area contributed by atoms with Gasteiger partial charge in [-0.3, -0.25) is 4.79 Å². The molecule has 27 heavy (non-hydrogen) atoms. The van der Waals surface area contributed by atoms with Gasteiger partial charge in [0.15, 0.2) is 5.76 Å². The molecule has 0 aliphatic rings. The highest BCUT2D eigenvalue weighted by molar-refractivity contribution is 6.33. The van der Waals surface area contributed by atoms with E-state index in [-0.39, 0.29) is 23.0 Å². The number of carbonyl (C=O) groups excluding carboxylic acids is 2. The van der Waals surface area contributed by atoms with Crippen molar-refractivity contribution in [1.29, 1.82) is 0 Å². The zero-order chi connectivity index (χ0) is 19.2. The molecule has 0 unspecified atom stereocenters. The van der Waals surface area contributed by atoms with Gasteiger partial charge in [-0.2, -0.15) is 0 Å². The normalized spacial score (nSPS) is 10.3. The highest BCUT2D eigenvalue weighted by atomic mass is 35.5. The lowest BCUT2D eigenvalue weighted by molar-refractivity contribution is 0.0600. The monoisotopic (exact) mass is 385 g/mol. The van der Waals surface area contributed by atoms with Crippen LogP contribution >= 0.6 is 11.6 Å². The zero-order valence-corrected chi connectivity index (χ0v) is 15.2. The average molecular weight is 386 g/mol. The first kappa shape index (κ1) is 18.5. The maximum Gasteiger partial charge on any atom is 0.339 e. The number of ether oxygens (including phenoxy) is 2. The Bertz CT molecular complexity index is 952. The molecule has 3 aromatic rings. The van der Waals surface area contributed by atoms with Crippen LogP contribution in [0.3, 0.4) is 0 Å². The predicted molar refractivity (Wildman–Crippen MR) is 100 cm³/mol. The van der Waals surface area contributed by atoms with Crippen LogP contribution in [0, 0.1) is 0 Å². The number of rotatable bonds is 6. The summed E-state index contributed by atoms with van der Waals surface area (Å²) in [4.78, 5) is 24.3. The molecular weight excluding hydrogens is 370 g/mol. The van der Waals surface area contributed by atoms with Crippen LogP contribution in [0.4, 0.5) is 5.69 Å². The number of methoxy groups -OCH3 is 1. The molecule has 0 spiro atoms. The highest BCUT2D eigenvalue weighted by Crippen LogP contribution is 2.23. The van der Waals surface area contributed by atoms with E-state index in [4.69, 9.17) is 20.8 Å². The molecule has 1 N–H and O–H groups in total. The number of hydrogen-bond acceptors (Lipinski definition) is 5. The lowest BCUT2D eigenvalue weighted by atomic mass is 10.2. The quantitative estimate of drug-likeness (QED) is 0.630. The molecule has 0 saturated heterocycles. The molecule has 138 valence electrons. The second-order valence-electron chi connectivity index (χ2n) is 5.52. The van der Waals surface area contributed by atoms with E-state index < -0.39 is 11.9 Å². The molecule has 0 atom stereocenters. The summed E-state index contributed by atoms with van der Waals surface area (Å²) >= 11 is 5.98. The first-order chi connectivity index (χ1) is 13.1. The van der Waals surface area contributed by atoms with E-state index in [1.807, 2.05) is 30.3 Å². The van der Waals surface area contributed by atoms with Crippen molar-refractivity contribution in [2.45, 2.75) is 6.61 Å². The maximum absolute atomic E-state index is 12.5. The fraction of sp³-hybridized carbons (Fsp3) is 0.100. The third-order valence-corrected chi connectivity index (χ3v) is 4.05. The average Bonchev–Trinajstić information content (AvgIpc) is 3.17. The number of anilines is 1. The molecule has 7 heteroatoms. The van der Waals surface area contributed by atoms with E-state index >= 15 is 0 Å². The third-order valence-electron chi connectivity index (χ3n) is 3.72. The van der Waals surface area contributed by atoms with Gasteiger partial charge in [0.2, 0.25) is 0 Å². The fourth-order valence-corrected chi connectivity index (χ4v) is 2.58. The molecule has 0 bridgehead atoms. The van der Waals surface area contributed by atoms with Crippen molar-refractivity contribution >= 4 is 29.2 Å². The lowest BCUT2D eigenvalue weighted by Crippen LogP contribution is -2.14. The van der Waals surface area contributed by atoms with Gasteiger partial charge in [0.1, 0.15) is 12.4 Å². The summed E-state index contributed by atoms with van der Waals surface area (Å²) in [6.45, 7) is 0.178.